The van der Waals surface area contributed by atoms with Crippen LogP contribution in [0.3, 0.4) is 0 Å². The zero-order valence-electron chi connectivity index (χ0n) is 8.74. The lowest BCUT2D eigenvalue weighted by Crippen LogP contribution is -2.41. The molecule has 0 saturated carbocycles. The third kappa shape index (κ3) is 2.72. The molecule has 0 amide bonds. The first-order valence-corrected chi connectivity index (χ1v) is 6.53. The number of aliphatic hydroxyl groups is 1. The predicted molar refractivity (Wildman–Crippen MR) is 64.5 cm³/mol. The van der Waals surface area contributed by atoms with Gasteiger partial charge in [-0.2, -0.15) is 0 Å². The summed E-state index contributed by atoms with van der Waals surface area (Å²) >= 11 is 7.33. The molecule has 0 radical (unpaired) electrons. The minimum Gasteiger partial charge on any atom is -0.386 e. The summed E-state index contributed by atoms with van der Waals surface area (Å²) in [7, 11) is 0. The fourth-order valence-corrected chi connectivity index (χ4v) is 3.19. The van der Waals surface area contributed by atoms with Gasteiger partial charge in [-0.05, 0) is 37.4 Å². The first kappa shape index (κ1) is 11.4. The van der Waals surface area contributed by atoms with Crippen molar-refractivity contribution in [2.24, 2.45) is 5.92 Å². The molecule has 1 saturated heterocycles. The molecule has 3 atom stereocenters. The summed E-state index contributed by atoms with van der Waals surface area (Å²) in [6.07, 6.45) is 1.83. The molecular formula is C11H16ClNOS. The molecule has 4 heteroatoms. The maximum Gasteiger partial charge on any atom is 0.103 e. The molecule has 1 aromatic heterocycles. The maximum atomic E-state index is 10.2. The summed E-state index contributed by atoms with van der Waals surface area (Å²) in [5.41, 5.74) is 0. The van der Waals surface area contributed by atoms with E-state index >= 15 is 0 Å². The highest BCUT2D eigenvalue weighted by atomic mass is 35.5. The number of aliphatic hydroxyl groups excluding tert-OH is 1. The van der Waals surface area contributed by atoms with E-state index in [2.05, 4.69) is 12.2 Å². The highest BCUT2D eigenvalue weighted by Gasteiger charge is 2.26. The Balaban J connectivity index is 2.03. The summed E-state index contributed by atoms with van der Waals surface area (Å²) in [5.74, 6) is 0.696. The van der Waals surface area contributed by atoms with Crippen LogP contribution in [0.1, 0.15) is 30.7 Å². The molecule has 2 nitrogen and oxygen atoms in total. The highest BCUT2D eigenvalue weighted by molar-refractivity contribution is 7.16. The molecule has 0 aromatic carbocycles. The zero-order chi connectivity index (χ0) is 10.8. The maximum absolute atomic E-state index is 10.2. The monoisotopic (exact) mass is 245 g/mol. The minimum atomic E-state index is -0.412. The van der Waals surface area contributed by atoms with Gasteiger partial charge in [0.25, 0.3) is 0 Å². The Kier molecular flexibility index (Phi) is 3.67. The number of piperidine rings is 1. The Hall–Kier alpha value is -0.0900. The molecule has 2 N–H and O–H groups in total. The quantitative estimate of drug-likeness (QED) is 0.840. The molecule has 0 spiro atoms. The van der Waals surface area contributed by atoms with Gasteiger partial charge in [0.05, 0.1) is 4.34 Å². The van der Waals surface area contributed by atoms with Gasteiger partial charge < -0.3 is 10.4 Å². The number of thiophene rings is 1. The molecule has 84 valence electrons. The number of nitrogens with one attached hydrogen (secondary N) is 1. The van der Waals surface area contributed by atoms with Gasteiger partial charge in [0.2, 0.25) is 0 Å². The summed E-state index contributed by atoms with van der Waals surface area (Å²) in [6, 6.07) is 3.94. The normalized spacial score (nSPS) is 29.0. The molecule has 0 bridgehead atoms. The van der Waals surface area contributed by atoms with E-state index in [4.69, 9.17) is 11.6 Å². The van der Waals surface area contributed by atoms with E-state index in [-0.39, 0.29) is 6.04 Å². The first-order chi connectivity index (χ1) is 7.16. The van der Waals surface area contributed by atoms with Crippen LogP contribution < -0.4 is 5.32 Å². The van der Waals surface area contributed by atoms with Crippen molar-refractivity contribution >= 4 is 22.9 Å². The zero-order valence-corrected chi connectivity index (χ0v) is 10.3. The fourth-order valence-electron chi connectivity index (χ4n) is 2.08. The lowest BCUT2D eigenvalue weighted by Gasteiger charge is -2.31. The third-order valence-electron chi connectivity index (χ3n) is 2.97. The Labute approximate surface area is 99.3 Å². The molecule has 3 unspecified atom stereocenters. The van der Waals surface area contributed by atoms with Crippen molar-refractivity contribution in [3.05, 3.63) is 21.3 Å². The van der Waals surface area contributed by atoms with Crippen molar-refractivity contribution in [2.75, 3.05) is 6.54 Å². The minimum absolute atomic E-state index is 0.184. The van der Waals surface area contributed by atoms with Gasteiger partial charge in [-0.25, -0.2) is 0 Å². The molecule has 1 aliphatic rings. The van der Waals surface area contributed by atoms with Crippen LogP contribution in [0.15, 0.2) is 12.1 Å². The second-order valence-corrected chi connectivity index (χ2v) is 6.02. The number of halogens is 1. The van der Waals surface area contributed by atoms with Gasteiger partial charge >= 0.3 is 0 Å². The van der Waals surface area contributed by atoms with Crippen LogP contribution in [0.2, 0.25) is 4.34 Å². The van der Waals surface area contributed by atoms with E-state index < -0.39 is 6.10 Å². The second-order valence-electron chi connectivity index (χ2n) is 4.28. The van der Waals surface area contributed by atoms with Crippen LogP contribution in [0.25, 0.3) is 0 Å². The van der Waals surface area contributed by atoms with E-state index in [1.54, 1.807) is 0 Å². The van der Waals surface area contributed by atoms with Gasteiger partial charge in [-0.15, -0.1) is 11.3 Å². The summed E-state index contributed by atoms with van der Waals surface area (Å²) < 4.78 is 0.743. The average Bonchev–Trinajstić information content (AvgIpc) is 2.64. The summed E-state index contributed by atoms with van der Waals surface area (Å²) in [5, 5.41) is 13.5. The number of rotatable bonds is 2. The average molecular weight is 246 g/mol. The smallest absolute Gasteiger partial charge is 0.103 e. The predicted octanol–water partition coefficient (Wildman–Crippen LogP) is 2.82. The molecule has 1 fully saturated rings. The highest BCUT2D eigenvalue weighted by Crippen LogP contribution is 2.31. The molecule has 1 aromatic rings. The largest absolute Gasteiger partial charge is 0.386 e. The Morgan fingerprint density at radius 2 is 2.40 bits per heavy atom. The van der Waals surface area contributed by atoms with Crippen molar-refractivity contribution in [3.8, 4) is 0 Å². The van der Waals surface area contributed by atoms with Crippen LogP contribution in [-0.2, 0) is 0 Å². The summed E-state index contributed by atoms with van der Waals surface area (Å²) in [6.45, 7) is 3.24. The van der Waals surface area contributed by atoms with Crippen molar-refractivity contribution < 1.29 is 5.11 Å². The van der Waals surface area contributed by atoms with Crippen LogP contribution in [-0.4, -0.2) is 17.7 Å². The lowest BCUT2D eigenvalue weighted by molar-refractivity contribution is 0.104. The SMILES string of the molecule is CC1CCNC(C(O)c2ccc(Cl)s2)C1. The van der Waals surface area contributed by atoms with Crippen molar-refractivity contribution in [1.82, 2.24) is 5.32 Å². The summed E-state index contributed by atoms with van der Waals surface area (Å²) in [4.78, 5) is 0.964. The van der Waals surface area contributed by atoms with Gasteiger partial charge in [0, 0.05) is 10.9 Å². The molecule has 2 heterocycles. The molecule has 2 rings (SSSR count). The molecule has 0 aliphatic carbocycles. The Morgan fingerprint density at radius 1 is 1.60 bits per heavy atom. The van der Waals surface area contributed by atoms with Crippen LogP contribution in [0, 0.1) is 5.92 Å². The van der Waals surface area contributed by atoms with Crippen molar-refractivity contribution in [3.63, 3.8) is 0 Å². The Morgan fingerprint density at radius 3 is 3.00 bits per heavy atom. The third-order valence-corrected chi connectivity index (χ3v) is 4.27. The van der Waals surface area contributed by atoms with E-state index in [1.807, 2.05) is 12.1 Å². The number of hydrogen-bond acceptors (Lipinski definition) is 3. The van der Waals surface area contributed by atoms with Crippen LogP contribution in [0.4, 0.5) is 0 Å². The topological polar surface area (TPSA) is 32.3 Å². The Bertz CT molecular complexity index is 328. The molecule has 1 aliphatic heterocycles. The van der Waals surface area contributed by atoms with Crippen LogP contribution in [0.5, 0.6) is 0 Å². The van der Waals surface area contributed by atoms with E-state index in [1.165, 1.54) is 17.8 Å². The first-order valence-electron chi connectivity index (χ1n) is 5.33. The molecule has 15 heavy (non-hydrogen) atoms. The van der Waals surface area contributed by atoms with Crippen LogP contribution >= 0.6 is 22.9 Å². The van der Waals surface area contributed by atoms with Gasteiger partial charge in [-0.3, -0.25) is 0 Å². The lowest BCUT2D eigenvalue weighted by atomic mass is 9.91. The second kappa shape index (κ2) is 4.83. The van der Waals surface area contributed by atoms with E-state index in [9.17, 15) is 5.11 Å². The van der Waals surface area contributed by atoms with E-state index in [0.29, 0.717) is 5.92 Å². The van der Waals surface area contributed by atoms with E-state index in [0.717, 1.165) is 22.2 Å². The van der Waals surface area contributed by atoms with Gasteiger partial charge in [-0.1, -0.05) is 18.5 Å². The van der Waals surface area contributed by atoms with Crippen molar-refractivity contribution in [2.45, 2.75) is 31.9 Å². The van der Waals surface area contributed by atoms with Gasteiger partial charge in [0.1, 0.15) is 6.10 Å². The van der Waals surface area contributed by atoms with Crippen molar-refractivity contribution in [1.29, 1.82) is 0 Å². The standard InChI is InChI=1S/C11H16ClNOS/c1-7-4-5-13-8(6-7)11(14)9-2-3-10(12)15-9/h2-3,7-8,11,13-14H,4-6H2,1H3. The van der Waals surface area contributed by atoms with Gasteiger partial charge in [0.15, 0.2) is 0 Å². The number of hydrogen-bond donors (Lipinski definition) is 2. The fraction of sp³-hybridized carbons (Fsp3) is 0.636. The molecular weight excluding hydrogens is 230 g/mol.